The Morgan fingerprint density at radius 2 is 1.84 bits per heavy atom. The van der Waals surface area contributed by atoms with Crippen molar-refractivity contribution in [2.24, 2.45) is 0 Å². The Hall–Kier alpha value is -2.75. The summed E-state index contributed by atoms with van der Waals surface area (Å²) in [5.41, 5.74) is 1.72. The number of hydrogen-bond acceptors (Lipinski definition) is 4. The third-order valence-electron chi connectivity index (χ3n) is 3.13. The van der Waals surface area contributed by atoms with Gasteiger partial charge in [-0.2, -0.15) is 0 Å². The number of pyridine rings is 1. The summed E-state index contributed by atoms with van der Waals surface area (Å²) < 4.78 is 5.71. The van der Waals surface area contributed by atoms with Crippen LogP contribution < -0.4 is 5.43 Å². The van der Waals surface area contributed by atoms with Crippen LogP contribution >= 0.6 is 0 Å². The van der Waals surface area contributed by atoms with Crippen molar-refractivity contribution in [3.8, 4) is 11.5 Å². The highest BCUT2D eigenvalue weighted by Gasteiger charge is 2.15. The van der Waals surface area contributed by atoms with Gasteiger partial charge >= 0.3 is 0 Å². The highest BCUT2D eigenvalue weighted by atomic mass is 16.3. The molecule has 0 N–H and O–H groups in total. The van der Waals surface area contributed by atoms with Gasteiger partial charge in [-0.05, 0) is 12.1 Å². The molecule has 0 saturated carbocycles. The molecule has 0 saturated heterocycles. The zero-order valence-electron chi connectivity index (χ0n) is 9.83. The monoisotopic (exact) mass is 248 g/mol. The molecular weight excluding hydrogens is 240 g/mol. The van der Waals surface area contributed by atoms with Gasteiger partial charge in [-0.3, -0.25) is 4.79 Å². The molecular formula is C15H8N2O2. The Morgan fingerprint density at radius 3 is 2.74 bits per heavy atom. The van der Waals surface area contributed by atoms with Crippen molar-refractivity contribution in [2.75, 3.05) is 0 Å². The molecule has 0 spiro atoms. The summed E-state index contributed by atoms with van der Waals surface area (Å²) in [4.78, 5) is 20.7. The van der Waals surface area contributed by atoms with Crippen molar-refractivity contribution >= 4 is 22.0 Å². The van der Waals surface area contributed by atoms with Crippen molar-refractivity contribution in [3.63, 3.8) is 0 Å². The third kappa shape index (κ3) is 1.43. The first-order chi connectivity index (χ1) is 9.33. The average molecular weight is 248 g/mol. The van der Waals surface area contributed by atoms with Crippen LogP contribution in [0, 0.1) is 0 Å². The number of nitrogens with zero attached hydrogens (tertiary/aromatic N) is 2. The van der Waals surface area contributed by atoms with Crippen molar-refractivity contribution in [1.82, 2.24) is 9.97 Å². The lowest BCUT2D eigenvalue weighted by Crippen LogP contribution is -2.03. The molecule has 0 bridgehead atoms. The molecule has 19 heavy (non-hydrogen) atoms. The fraction of sp³-hybridized carbons (Fsp3) is 0. The lowest BCUT2D eigenvalue weighted by atomic mass is 10.1. The maximum atomic E-state index is 12.0. The van der Waals surface area contributed by atoms with Gasteiger partial charge in [-0.25, -0.2) is 9.97 Å². The summed E-state index contributed by atoms with van der Waals surface area (Å²) in [6.45, 7) is 0. The minimum absolute atomic E-state index is 0.0584. The van der Waals surface area contributed by atoms with E-state index in [0.29, 0.717) is 28.1 Å². The number of aromatic nitrogens is 2. The van der Waals surface area contributed by atoms with Crippen LogP contribution in [0.25, 0.3) is 33.5 Å². The molecule has 1 aromatic carbocycles. The van der Waals surface area contributed by atoms with Gasteiger partial charge in [0.2, 0.25) is 0 Å². The molecule has 1 aliphatic carbocycles. The average Bonchev–Trinajstić information content (AvgIpc) is 2.46. The van der Waals surface area contributed by atoms with Gasteiger partial charge in [0.25, 0.3) is 0 Å². The maximum absolute atomic E-state index is 12.0. The van der Waals surface area contributed by atoms with Crippen LogP contribution in [0.3, 0.4) is 0 Å². The molecule has 0 atom stereocenters. The van der Waals surface area contributed by atoms with Gasteiger partial charge < -0.3 is 4.42 Å². The fourth-order valence-corrected chi connectivity index (χ4v) is 2.27. The van der Waals surface area contributed by atoms with Crippen LogP contribution in [0.1, 0.15) is 0 Å². The number of benzene rings is 2. The third-order valence-corrected chi connectivity index (χ3v) is 3.13. The quantitative estimate of drug-likeness (QED) is 0.354. The summed E-state index contributed by atoms with van der Waals surface area (Å²) in [5, 5.41) is 1.44. The molecule has 4 nitrogen and oxygen atoms in total. The van der Waals surface area contributed by atoms with E-state index in [9.17, 15) is 4.79 Å². The van der Waals surface area contributed by atoms with Gasteiger partial charge in [0.1, 0.15) is 5.69 Å². The molecule has 90 valence electrons. The molecule has 2 aliphatic rings. The van der Waals surface area contributed by atoms with E-state index in [1.54, 1.807) is 24.4 Å². The van der Waals surface area contributed by atoms with Gasteiger partial charge in [-0.1, -0.05) is 24.3 Å². The topological polar surface area (TPSA) is 56.0 Å². The summed E-state index contributed by atoms with van der Waals surface area (Å²) in [5.74, 6) is 0.490. The van der Waals surface area contributed by atoms with E-state index in [1.807, 2.05) is 18.2 Å². The minimum Gasteiger partial charge on any atom is -0.451 e. The lowest BCUT2D eigenvalue weighted by Gasteiger charge is -2.08. The SMILES string of the molecule is O=c1cc2oc3cccnc3nc-2c2ccccc12. The van der Waals surface area contributed by atoms with Crippen molar-refractivity contribution in [2.45, 2.75) is 0 Å². The molecule has 4 heteroatoms. The summed E-state index contributed by atoms with van der Waals surface area (Å²) in [6, 6.07) is 12.4. The molecule has 2 heterocycles. The van der Waals surface area contributed by atoms with E-state index in [1.165, 1.54) is 6.07 Å². The molecule has 4 rings (SSSR count). The second kappa shape index (κ2) is 3.62. The Bertz CT molecular complexity index is 943. The molecule has 0 fully saturated rings. The highest BCUT2D eigenvalue weighted by Crippen LogP contribution is 2.28. The molecule has 0 unspecified atom stereocenters. The first-order valence-corrected chi connectivity index (χ1v) is 5.90. The smallest absolute Gasteiger partial charge is 0.196 e. The van der Waals surface area contributed by atoms with Crippen molar-refractivity contribution in [1.29, 1.82) is 0 Å². The Labute approximate surface area is 107 Å². The van der Waals surface area contributed by atoms with E-state index in [0.717, 1.165) is 5.39 Å². The molecule has 1 aromatic heterocycles. The fourth-order valence-electron chi connectivity index (χ4n) is 2.27. The lowest BCUT2D eigenvalue weighted by molar-refractivity contribution is 0.612. The van der Waals surface area contributed by atoms with E-state index in [-0.39, 0.29) is 5.43 Å². The van der Waals surface area contributed by atoms with Gasteiger partial charge in [-0.15, -0.1) is 0 Å². The Morgan fingerprint density at radius 1 is 1.00 bits per heavy atom. The molecule has 2 aromatic rings. The summed E-state index contributed by atoms with van der Waals surface area (Å²) in [6.07, 6.45) is 1.67. The van der Waals surface area contributed by atoms with Crippen LogP contribution in [0.15, 0.2) is 57.9 Å². The largest absolute Gasteiger partial charge is 0.451 e. The predicted molar refractivity (Wildman–Crippen MR) is 72.2 cm³/mol. The predicted octanol–water partition coefficient (Wildman–Crippen LogP) is 2.84. The Kier molecular flexibility index (Phi) is 1.94. The van der Waals surface area contributed by atoms with Crippen molar-refractivity contribution < 1.29 is 4.42 Å². The number of fused-ring (bicyclic) bond motifs is 4. The van der Waals surface area contributed by atoms with Gasteiger partial charge in [0.15, 0.2) is 22.4 Å². The van der Waals surface area contributed by atoms with Crippen LogP contribution in [0.4, 0.5) is 0 Å². The zero-order chi connectivity index (χ0) is 12.8. The second-order valence-corrected chi connectivity index (χ2v) is 4.31. The first kappa shape index (κ1) is 10.2. The summed E-state index contributed by atoms with van der Waals surface area (Å²) in [7, 11) is 0. The van der Waals surface area contributed by atoms with E-state index in [4.69, 9.17) is 4.42 Å². The Balaban J connectivity index is 2.30. The van der Waals surface area contributed by atoms with Gasteiger partial charge in [0, 0.05) is 23.0 Å². The second-order valence-electron chi connectivity index (χ2n) is 4.31. The molecule has 0 amide bonds. The maximum Gasteiger partial charge on any atom is 0.196 e. The minimum atomic E-state index is -0.0584. The van der Waals surface area contributed by atoms with E-state index >= 15 is 0 Å². The van der Waals surface area contributed by atoms with E-state index < -0.39 is 0 Å². The highest BCUT2D eigenvalue weighted by molar-refractivity contribution is 5.95. The zero-order valence-corrected chi connectivity index (χ0v) is 9.83. The van der Waals surface area contributed by atoms with E-state index in [2.05, 4.69) is 9.97 Å². The number of rotatable bonds is 0. The first-order valence-electron chi connectivity index (χ1n) is 5.90. The normalized spacial score (nSPS) is 11.4. The van der Waals surface area contributed by atoms with Crippen LogP contribution in [-0.4, -0.2) is 9.97 Å². The van der Waals surface area contributed by atoms with Crippen LogP contribution in [-0.2, 0) is 0 Å². The van der Waals surface area contributed by atoms with Crippen LogP contribution in [0.5, 0.6) is 0 Å². The molecule has 0 radical (unpaired) electrons. The number of hydrogen-bond donors (Lipinski definition) is 0. The molecule has 1 aliphatic heterocycles. The van der Waals surface area contributed by atoms with Crippen molar-refractivity contribution in [3.05, 3.63) is 58.9 Å². The standard InChI is InChI=1S/C15H8N2O2/c18-11-8-13-14(10-5-2-1-4-9(10)11)17-15-12(19-13)6-3-7-16-15/h1-8H. The van der Waals surface area contributed by atoms with Gasteiger partial charge in [0.05, 0.1) is 0 Å². The summed E-state index contributed by atoms with van der Waals surface area (Å²) >= 11 is 0. The van der Waals surface area contributed by atoms with Crippen LogP contribution in [0.2, 0.25) is 0 Å².